The van der Waals surface area contributed by atoms with Crippen molar-refractivity contribution in [3.63, 3.8) is 0 Å². The molecule has 3 rings (SSSR count). The van der Waals surface area contributed by atoms with Gasteiger partial charge in [-0.25, -0.2) is 8.42 Å². The van der Waals surface area contributed by atoms with Crippen LogP contribution >= 0.6 is 11.6 Å². The summed E-state index contributed by atoms with van der Waals surface area (Å²) in [5, 5.41) is 2.88. The van der Waals surface area contributed by atoms with Gasteiger partial charge in [0.25, 0.3) is 15.9 Å². The lowest BCUT2D eigenvalue weighted by Crippen LogP contribution is -2.31. The van der Waals surface area contributed by atoms with E-state index >= 15 is 0 Å². The van der Waals surface area contributed by atoms with Gasteiger partial charge in [-0.05, 0) is 67.1 Å². The second kappa shape index (κ2) is 11.9. The summed E-state index contributed by atoms with van der Waals surface area (Å²) in [7, 11) is 0.713. The number of rotatable bonds is 11. The van der Waals surface area contributed by atoms with Crippen LogP contribution in [-0.4, -0.2) is 42.3 Å². The van der Waals surface area contributed by atoms with Crippen molar-refractivity contribution < 1.29 is 32.2 Å². The van der Waals surface area contributed by atoms with Gasteiger partial charge in [0.05, 0.1) is 37.3 Å². The third-order valence-corrected chi connectivity index (χ3v) is 6.87. The number of anilines is 1. The molecule has 1 atom stereocenters. The Hall–Kier alpha value is -3.63. The minimum Gasteiger partial charge on any atom is -0.497 e. The molecule has 11 heteroatoms. The molecule has 2 N–H and O–H groups in total. The molecule has 9 nitrogen and oxygen atoms in total. The topological polar surface area (TPSA) is 112 Å². The first-order valence-corrected chi connectivity index (χ1v) is 12.6. The Morgan fingerprint density at radius 1 is 0.889 bits per heavy atom. The number of carbonyl (C=O) groups excluding carboxylic acids is 1. The molecule has 0 fully saturated rings. The van der Waals surface area contributed by atoms with Gasteiger partial charge in [-0.2, -0.15) is 0 Å². The van der Waals surface area contributed by atoms with Gasteiger partial charge in [0, 0.05) is 5.69 Å². The van der Waals surface area contributed by atoms with E-state index in [0.717, 1.165) is 5.56 Å². The number of hydrogen-bond acceptors (Lipinski definition) is 7. The fourth-order valence-electron chi connectivity index (χ4n) is 3.27. The zero-order valence-electron chi connectivity index (χ0n) is 20.2. The Balaban J connectivity index is 1.60. The summed E-state index contributed by atoms with van der Waals surface area (Å²) in [6, 6.07) is 15.5. The highest BCUT2D eigenvalue weighted by Crippen LogP contribution is 2.30. The average molecular weight is 535 g/mol. The zero-order chi connectivity index (χ0) is 26.3. The van der Waals surface area contributed by atoms with Crippen molar-refractivity contribution >= 4 is 33.2 Å². The molecule has 0 saturated carbocycles. The van der Waals surface area contributed by atoms with Crippen LogP contribution < -0.4 is 29.0 Å². The number of carbonyl (C=O) groups is 1. The van der Waals surface area contributed by atoms with Crippen molar-refractivity contribution in [2.24, 2.45) is 0 Å². The predicted octanol–water partition coefficient (Wildman–Crippen LogP) is 4.42. The number of halogens is 1. The Morgan fingerprint density at radius 3 is 2.17 bits per heavy atom. The van der Waals surface area contributed by atoms with Crippen LogP contribution in [0.5, 0.6) is 23.0 Å². The summed E-state index contributed by atoms with van der Waals surface area (Å²) in [6.07, 6.45) is 0. The largest absolute Gasteiger partial charge is 0.497 e. The molecule has 0 unspecified atom stereocenters. The van der Waals surface area contributed by atoms with E-state index in [1.807, 2.05) is 13.0 Å². The monoisotopic (exact) mass is 534 g/mol. The molecule has 1 amide bonds. The van der Waals surface area contributed by atoms with Crippen LogP contribution in [0, 0.1) is 0 Å². The summed E-state index contributed by atoms with van der Waals surface area (Å²) >= 11 is 6.23. The van der Waals surface area contributed by atoms with Crippen LogP contribution in [0.15, 0.2) is 65.6 Å². The molecule has 0 spiro atoms. The first-order valence-electron chi connectivity index (χ1n) is 10.8. The Bertz CT molecular complexity index is 1310. The van der Waals surface area contributed by atoms with Gasteiger partial charge in [0.1, 0.15) is 11.5 Å². The fourth-order valence-corrected chi connectivity index (χ4v) is 4.66. The van der Waals surface area contributed by atoms with Crippen molar-refractivity contribution in [2.75, 3.05) is 32.7 Å². The lowest BCUT2D eigenvalue weighted by Gasteiger charge is -2.17. The minimum atomic E-state index is -3.89. The smallest absolute Gasteiger partial charge is 0.261 e. The fraction of sp³-hybridized carbons (Fsp3) is 0.240. The summed E-state index contributed by atoms with van der Waals surface area (Å²) in [4.78, 5) is 12.4. The second-order valence-electron chi connectivity index (χ2n) is 7.62. The van der Waals surface area contributed by atoms with E-state index in [1.54, 1.807) is 43.5 Å². The maximum absolute atomic E-state index is 12.7. The van der Waals surface area contributed by atoms with Crippen LogP contribution in [0.25, 0.3) is 0 Å². The van der Waals surface area contributed by atoms with E-state index in [0.29, 0.717) is 22.9 Å². The maximum atomic E-state index is 12.7. The number of benzene rings is 3. The van der Waals surface area contributed by atoms with Crippen molar-refractivity contribution in [2.45, 2.75) is 17.9 Å². The minimum absolute atomic E-state index is 0.0494. The molecule has 0 aromatic heterocycles. The van der Waals surface area contributed by atoms with Gasteiger partial charge in [-0.15, -0.1) is 0 Å². The number of hydrogen-bond donors (Lipinski definition) is 2. The van der Waals surface area contributed by atoms with E-state index in [-0.39, 0.29) is 34.2 Å². The van der Waals surface area contributed by atoms with Gasteiger partial charge >= 0.3 is 0 Å². The molecule has 0 aliphatic heterocycles. The molecule has 3 aromatic rings. The van der Waals surface area contributed by atoms with Crippen LogP contribution in [-0.2, 0) is 14.8 Å². The van der Waals surface area contributed by atoms with Crippen molar-refractivity contribution in [3.05, 3.63) is 71.2 Å². The highest BCUT2D eigenvalue weighted by Gasteiger charge is 2.18. The summed E-state index contributed by atoms with van der Waals surface area (Å²) in [6.45, 7) is 1.51. The molecular formula is C25H27ClN2O7S. The second-order valence-corrected chi connectivity index (χ2v) is 9.71. The third-order valence-electron chi connectivity index (χ3n) is 5.20. The van der Waals surface area contributed by atoms with E-state index < -0.39 is 10.0 Å². The highest BCUT2D eigenvalue weighted by molar-refractivity contribution is 7.92. The summed E-state index contributed by atoms with van der Waals surface area (Å²) in [5.74, 6) is 1.53. The Labute approximate surface area is 215 Å². The lowest BCUT2D eigenvalue weighted by atomic mass is 10.1. The summed E-state index contributed by atoms with van der Waals surface area (Å²) < 4.78 is 49.0. The molecule has 36 heavy (non-hydrogen) atoms. The Morgan fingerprint density at radius 2 is 1.56 bits per heavy atom. The maximum Gasteiger partial charge on any atom is 0.261 e. The normalized spacial score (nSPS) is 11.8. The third kappa shape index (κ3) is 6.73. The van der Waals surface area contributed by atoms with Gasteiger partial charge in [0.2, 0.25) is 0 Å². The SMILES string of the molecule is COc1ccc(NS(=O)(=O)c2ccc(OCC(=O)N[C@@H](C)c3ccc(OC)c(OC)c3)c(Cl)c2)cc1. The molecule has 192 valence electrons. The molecule has 0 aliphatic rings. The van der Waals surface area contributed by atoms with E-state index in [9.17, 15) is 13.2 Å². The number of amides is 1. The van der Waals surface area contributed by atoms with Crippen LogP contribution in [0.3, 0.4) is 0 Å². The zero-order valence-corrected chi connectivity index (χ0v) is 21.8. The van der Waals surface area contributed by atoms with Gasteiger partial charge in [-0.1, -0.05) is 17.7 Å². The van der Waals surface area contributed by atoms with Gasteiger partial charge in [0.15, 0.2) is 18.1 Å². The van der Waals surface area contributed by atoms with E-state index in [2.05, 4.69) is 10.0 Å². The number of nitrogens with one attached hydrogen (secondary N) is 2. The lowest BCUT2D eigenvalue weighted by molar-refractivity contribution is -0.123. The van der Waals surface area contributed by atoms with E-state index in [1.165, 1.54) is 32.4 Å². The molecule has 0 heterocycles. The predicted molar refractivity (Wildman–Crippen MR) is 137 cm³/mol. The highest BCUT2D eigenvalue weighted by atomic mass is 35.5. The average Bonchev–Trinajstić information content (AvgIpc) is 2.87. The van der Waals surface area contributed by atoms with Crippen LogP contribution in [0.4, 0.5) is 5.69 Å². The van der Waals surface area contributed by atoms with Crippen molar-refractivity contribution in [3.8, 4) is 23.0 Å². The molecule has 0 radical (unpaired) electrons. The molecule has 3 aromatic carbocycles. The number of methoxy groups -OCH3 is 3. The standard InChI is InChI=1S/C25H27ClN2O7S/c1-16(17-5-11-23(33-3)24(13-17)34-4)27-25(29)15-35-22-12-10-20(14-21(22)26)36(30,31)28-18-6-8-19(32-2)9-7-18/h5-14,16,28H,15H2,1-4H3,(H,27,29)/t16-/m0/s1. The molecule has 0 saturated heterocycles. The van der Waals surface area contributed by atoms with Crippen molar-refractivity contribution in [1.29, 1.82) is 0 Å². The molecule has 0 bridgehead atoms. The van der Waals surface area contributed by atoms with E-state index in [4.69, 9.17) is 30.5 Å². The molecular weight excluding hydrogens is 508 g/mol. The first kappa shape index (κ1) is 27.0. The molecule has 0 aliphatic carbocycles. The number of sulfonamides is 1. The first-order chi connectivity index (χ1) is 17.2. The van der Waals surface area contributed by atoms with Gasteiger partial charge < -0.3 is 24.3 Å². The van der Waals surface area contributed by atoms with Crippen molar-refractivity contribution in [1.82, 2.24) is 5.32 Å². The quantitative estimate of drug-likeness (QED) is 0.374. The van der Waals surface area contributed by atoms with Gasteiger partial charge in [-0.3, -0.25) is 9.52 Å². The van der Waals surface area contributed by atoms with Crippen LogP contribution in [0.1, 0.15) is 18.5 Å². The van der Waals surface area contributed by atoms with Crippen LogP contribution in [0.2, 0.25) is 5.02 Å². The summed E-state index contributed by atoms with van der Waals surface area (Å²) in [5.41, 5.74) is 1.19. The number of ether oxygens (including phenoxy) is 4. The Kier molecular flexibility index (Phi) is 8.89.